The molecule has 1 radical (unpaired) electrons. The van der Waals surface area contributed by atoms with Gasteiger partial charge < -0.3 is 0 Å². The van der Waals surface area contributed by atoms with Crippen LogP contribution in [-0.4, -0.2) is 7.05 Å². The van der Waals surface area contributed by atoms with Crippen LogP contribution in [0.1, 0.15) is 6.92 Å². The van der Waals surface area contributed by atoms with Gasteiger partial charge in [0.2, 0.25) is 0 Å². The first-order valence-electron chi connectivity index (χ1n) is 1.62. The Bertz CT molecular complexity index is 30.6. The standard InChI is InChI=1S/C4H8N/c1-3-4-5-2/h3-4H,1-2H3/b4-3-. The van der Waals surface area contributed by atoms with E-state index in [1.165, 1.54) is 0 Å². The highest BCUT2D eigenvalue weighted by Gasteiger charge is 1.49. The van der Waals surface area contributed by atoms with E-state index in [1.807, 2.05) is 13.0 Å². The first kappa shape index (κ1) is 4.54. The summed E-state index contributed by atoms with van der Waals surface area (Å²) in [6, 6.07) is 0. The van der Waals surface area contributed by atoms with E-state index >= 15 is 0 Å². The van der Waals surface area contributed by atoms with Gasteiger partial charge in [0.25, 0.3) is 0 Å². The summed E-state index contributed by atoms with van der Waals surface area (Å²) in [5.41, 5.74) is 0. The molecule has 0 aromatic carbocycles. The lowest BCUT2D eigenvalue weighted by Crippen LogP contribution is -1.76. The van der Waals surface area contributed by atoms with Crippen LogP contribution in [0.4, 0.5) is 0 Å². The third-order valence-corrected chi connectivity index (χ3v) is 0.298. The van der Waals surface area contributed by atoms with Crippen LogP contribution < -0.4 is 5.32 Å². The smallest absolute Gasteiger partial charge is 0.0276 e. The number of allylic oxidation sites excluding steroid dienone is 1. The van der Waals surface area contributed by atoms with Crippen LogP contribution in [0.15, 0.2) is 12.3 Å². The third kappa shape index (κ3) is 3.54. The average Bonchev–Trinajstić information content (AvgIpc) is 1.41. The summed E-state index contributed by atoms with van der Waals surface area (Å²) >= 11 is 0. The van der Waals surface area contributed by atoms with Crippen molar-refractivity contribution in [1.82, 2.24) is 5.32 Å². The maximum atomic E-state index is 3.67. The second kappa shape index (κ2) is 3.54. The van der Waals surface area contributed by atoms with E-state index in [-0.39, 0.29) is 0 Å². The van der Waals surface area contributed by atoms with Crippen molar-refractivity contribution in [1.29, 1.82) is 0 Å². The van der Waals surface area contributed by atoms with Crippen LogP contribution in [0.2, 0.25) is 0 Å². The summed E-state index contributed by atoms with van der Waals surface area (Å²) < 4.78 is 0. The van der Waals surface area contributed by atoms with E-state index in [0.717, 1.165) is 0 Å². The molecule has 0 aliphatic carbocycles. The molecule has 0 saturated heterocycles. The highest BCUT2D eigenvalue weighted by molar-refractivity contribution is 4.69. The second-order valence-electron chi connectivity index (χ2n) is 0.741. The number of rotatable bonds is 1. The Morgan fingerprint density at radius 2 is 2.20 bits per heavy atom. The fourth-order valence-electron chi connectivity index (χ4n) is 0.149. The Labute approximate surface area is 32.7 Å². The predicted octanol–water partition coefficient (Wildman–Crippen LogP) is 0.754. The Kier molecular flexibility index (Phi) is 3.21. The minimum Gasteiger partial charge on any atom is -0.297 e. The molecule has 0 aliphatic rings. The van der Waals surface area contributed by atoms with E-state index in [4.69, 9.17) is 0 Å². The first-order valence-corrected chi connectivity index (χ1v) is 1.62. The van der Waals surface area contributed by atoms with Gasteiger partial charge in [-0.25, -0.2) is 0 Å². The van der Waals surface area contributed by atoms with Crippen LogP contribution >= 0.6 is 0 Å². The Hall–Kier alpha value is -0.460. The van der Waals surface area contributed by atoms with Gasteiger partial charge in [0.1, 0.15) is 0 Å². The molecule has 0 N–H and O–H groups in total. The van der Waals surface area contributed by atoms with Crippen molar-refractivity contribution in [2.24, 2.45) is 0 Å². The molecule has 0 amide bonds. The van der Waals surface area contributed by atoms with E-state index < -0.39 is 0 Å². The van der Waals surface area contributed by atoms with Gasteiger partial charge >= 0.3 is 0 Å². The summed E-state index contributed by atoms with van der Waals surface area (Å²) in [6.07, 6.45) is 3.64. The molecule has 0 fully saturated rings. The van der Waals surface area contributed by atoms with Crippen molar-refractivity contribution in [3.63, 3.8) is 0 Å². The third-order valence-electron chi connectivity index (χ3n) is 0.298. The molecule has 5 heavy (non-hydrogen) atoms. The molecule has 0 spiro atoms. The summed E-state index contributed by atoms with van der Waals surface area (Å²) in [7, 11) is 1.75. The zero-order chi connectivity index (χ0) is 4.12. The van der Waals surface area contributed by atoms with Gasteiger partial charge in [0.05, 0.1) is 0 Å². The van der Waals surface area contributed by atoms with Gasteiger partial charge in [-0.05, 0) is 6.92 Å². The first-order chi connectivity index (χ1) is 2.41. The fraction of sp³-hybridized carbons (Fsp3) is 0.500. The van der Waals surface area contributed by atoms with E-state index in [9.17, 15) is 0 Å². The maximum Gasteiger partial charge on any atom is 0.0276 e. The number of hydrogen-bond donors (Lipinski definition) is 0. The molecule has 0 rings (SSSR count). The van der Waals surface area contributed by atoms with Crippen LogP contribution in [-0.2, 0) is 0 Å². The lowest BCUT2D eigenvalue weighted by Gasteiger charge is -1.69. The molecule has 0 saturated carbocycles. The van der Waals surface area contributed by atoms with Crippen LogP contribution in [0.5, 0.6) is 0 Å². The lowest BCUT2D eigenvalue weighted by molar-refractivity contribution is 1.07. The largest absolute Gasteiger partial charge is 0.297 e. The van der Waals surface area contributed by atoms with Crippen molar-refractivity contribution in [3.05, 3.63) is 12.3 Å². The molecule has 0 bridgehead atoms. The molecule has 1 heteroatoms. The molecule has 0 aromatic heterocycles. The van der Waals surface area contributed by atoms with Crippen molar-refractivity contribution < 1.29 is 0 Å². The van der Waals surface area contributed by atoms with E-state index in [2.05, 4.69) is 5.32 Å². The molecule has 0 aliphatic heterocycles. The number of hydrogen-bond acceptors (Lipinski definition) is 0. The van der Waals surface area contributed by atoms with Gasteiger partial charge in [-0.1, -0.05) is 6.08 Å². The Balaban J connectivity index is 2.62. The van der Waals surface area contributed by atoms with Crippen molar-refractivity contribution >= 4 is 0 Å². The van der Waals surface area contributed by atoms with Crippen molar-refractivity contribution in [2.45, 2.75) is 6.92 Å². The Morgan fingerprint density at radius 3 is 2.20 bits per heavy atom. The molecule has 0 heterocycles. The zero-order valence-electron chi connectivity index (χ0n) is 3.60. The summed E-state index contributed by atoms with van der Waals surface area (Å²) in [4.78, 5) is 0. The summed E-state index contributed by atoms with van der Waals surface area (Å²) in [5.74, 6) is 0. The molecule has 1 nitrogen and oxygen atoms in total. The van der Waals surface area contributed by atoms with Gasteiger partial charge in [-0.15, -0.1) is 0 Å². The quantitative estimate of drug-likeness (QED) is 0.432. The molecular weight excluding hydrogens is 62.1 g/mol. The molecule has 0 unspecified atom stereocenters. The van der Waals surface area contributed by atoms with Gasteiger partial charge in [-0.2, -0.15) is 0 Å². The minimum absolute atomic E-state index is 1.75. The fourth-order valence-corrected chi connectivity index (χ4v) is 0.149. The number of nitrogens with zero attached hydrogens (tertiary/aromatic N) is 1. The topological polar surface area (TPSA) is 14.1 Å². The maximum absolute atomic E-state index is 3.67. The van der Waals surface area contributed by atoms with E-state index in [1.54, 1.807) is 13.2 Å². The van der Waals surface area contributed by atoms with Crippen molar-refractivity contribution in [3.8, 4) is 0 Å². The summed E-state index contributed by atoms with van der Waals surface area (Å²) in [6.45, 7) is 1.94. The van der Waals surface area contributed by atoms with Crippen LogP contribution in [0.25, 0.3) is 0 Å². The molecular formula is C4H8N. The van der Waals surface area contributed by atoms with Crippen LogP contribution in [0.3, 0.4) is 0 Å². The monoisotopic (exact) mass is 70.1 g/mol. The molecule has 0 aromatic rings. The zero-order valence-corrected chi connectivity index (χ0v) is 3.60. The van der Waals surface area contributed by atoms with Crippen LogP contribution in [0, 0.1) is 0 Å². The molecule has 0 atom stereocenters. The average molecular weight is 70.1 g/mol. The SMILES string of the molecule is C/C=C\[N]C. The summed E-state index contributed by atoms with van der Waals surface area (Å²) in [5, 5.41) is 3.67. The minimum atomic E-state index is 1.75. The van der Waals surface area contributed by atoms with Gasteiger partial charge in [0.15, 0.2) is 0 Å². The highest BCUT2D eigenvalue weighted by Crippen LogP contribution is 1.56. The lowest BCUT2D eigenvalue weighted by atomic mass is 10.7. The predicted molar refractivity (Wildman–Crippen MR) is 22.9 cm³/mol. The Morgan fingerprint density at radius 1 is 1.60 bits per heavy atom. The van der Waals surface area contributed by atoms with E-state index in [0.29, 0.717) is 0 Å². The normalized spacial score (nSPS) is 9.20. The van der Waals surface area contributed by atoms with Crippen molar-refractivity contribution in [2.75, 3.05) is 7.05 Å². The van der Waals surface area contributed by atoms with Gasteiger partial charge in [-0.3, -0.25) is 5.32 Å². The highest BCUT2D eigenvalue weighted by atomic mass is 14.8. The van der Waals surface area contributed by atoms with Gasteiger partial charge in [0, 0.05) is 13.2 Å². The second-order valence-corrected chi connectivity index (χ2v) is 0.741. The molecule has 29 valence electrons.